The number of fused-ring (bicyclic) bond motifs is 4. The van der Waals surface area contributed by atoms with Crippen molar-refractivity contribution in [1.82, 2.24) is 20.2 Å². The zero-order valence-electron chi connectivity index (χ0n) is 28.6. The molecule has 2 aromatic carbocycles. The molecular formula is C37H42Cl2F2N6O4. The smallest absolute Gasteiger partial charge is 0.410 e. The molecular weight excluding hydrogens is 701 g/mol. The summed E-state index contributed by atoms with van der Waals surface area (Å²) >= 11 is 0. The van der Waals surface area contributed by atoms with Gasteiger partial charge in [0.15, 0.2) is 0 Å². The Morgan fingerprint density at radius 2 is 1.24 bits per heavy atom. The maximum atomic E-state index is 13.0. The van der Waals surface area contributed by atoms with Gasteiger partial charge in [0, 0.05) is 56.4 Å². The van der Waals surface area contributed by atoms with E-state index in [-0.39, 0.29) is 54.6 Å². The Labute approximate surface area is 308 Å². The Morgan fingerprint density at radius 3 is 1.67 bits per heavy atom. The SMILES string of the molecule is CC(C)(C)OC(=O)N1C[C@@H]2C[C@H]1CN2c1cncc(Oc2ccc(F)cc2)c1.Cl.Cl.Fc1ccc(Oc2cncc(N3C[C@@H]4C[C@H]3CN4)c2)cc1. The second kappa shape index (κ2) is 15.9. The molecule has 1 amide bonds. The average molecular weight is 744 g/mol. The molecule has 4 aliphatic heterocycles. The molecule has 0 radical (unpaired) electrons. The number of hydrogen-bond acceptors (Lipinski definition) is 9. The van der Waals surface area contributed by atoms with Gasteiger partial charge in [-0.2, -0.15) is 0 Å². The highest BCUT2D eigenvalue weighted by Crippen LogP contribution is 2.37. The first kappa shape index (κ1) is 37.9. The predicted octanol–water partition coefficient (Wildman–Crippen LogP) is 7.62. The van der Waals surface area contributed by atoms with E-state index >= 15 is 0 Å². The highest BCUT2D eigenvalue weighted by atomic mass is 35.5. The van der Waals surface area contributed by atoms with Gasteiger partial charge in [0.25, 0.3) is 0 Å². The predicted molar refractivity (Wildman–Crippen MR) is 196 cm³/mol. The maximum Gasteiger partial charge on any atom is 0.410 e. The minimum absolute atomic E-state index is 0. The van der Waals surface area contributed by atoms with Crippen LogP contribution in [-0.4, -0.2) is 76.9 Å². The lowest BCUT2D eigenvalue weighted by Gasteiger charge is -2.36. The fourth-order valence-electron chi connectivity index (χ4n) is 6.92. The molecule has 6 heterocycles. The van der Waals surface area contributed by atoms with E-state index < -0.39 is 5.60 Å². The second-order valence-electron chi connectivity index (χ2n) is 13.8. The summed E-state index contributed by atoms with van der Waals surface area (Å²) in [4.78, 5) is 27.4. The van der Waals surface area contributed by atoms with Crippen molar-refractivity contribution < 1.29 is 27.8 Å². The molecule has 4 aromatic rings. The summed E-state index contributed by atoms with van der Waals surface area (Å²) in [5.41, 5.74) is 1.55. The Hall–Kier alpha value is -4.39. The van der Waals surface area contributed by atoms with Gasteiger partial charge in [0.1, 0.15) is 40.2 Å². The summed E-state index contributed by atoms with van der Waals surface area (Å²) in [7, 11) is 0. The average Bonchev–Trinajstić information content (AvgIpc) is 3.89. The summed E-state index contributed by atoms with van der Waals surface area (Å²) in [6.45, 7) is 9.08. The molecule has 0 aliphatic carbocycles. The van der Waals surface area contributed by atoms with Crippen molar-refractivity contribution in [1.29, 1.82) is 0 Å². The van der Waals surface area contributed by atoms with Gasteiger partial charge in [-0.15, -0.1) is 24.8 Å². The number of likely N-dealkylation sites (tertiary alicyclic amines) is 1. The molecule has 4 fully saturated rings. The lowest BCUT2D eigenvalue weighted by Crippen LogP contribution is -2.50. The van der Waals surface area contributed by atoms with E-state index in [4.69, 9.17) is 14.2 Å². The first-order valence-corrected chi connectivity index (χ1v) is 16.6. The first-order valence-electron chi connectivity index (χ1n) is 16.6. The van der Waals surface area contributed by atoms with Crippen LogP contribution in [0.1, 0.15) is 33.6 Å². The fourth-order valence-corrected chi connectivity index (χ4v) is 6.92. The number of aromatic nitrogens is 2. The summed E-state index contributed by atoms with van der Waals surface area (Å²) < 4.78 is 43.0. The number of hydrogen-bond donors (Lipinski definition) is 1. The van der Waals surface area contributed by atoms with Crippen molar-refractivity contribution in [3.05, 3.63) is 97.1 Å². The zero-order valence-corrected chi connectivity index (χ0v) is 30.2. The molecule has 51 heavy (non-hydrogen) atoms. The van der Waals surface area contributed by atoms with Crippen LogP contribution in [-0.2, 0) is 4.74 Å². The van der Waals surface area contributed by atoms with Crippen LogP contribution in [0, 0.1) is 11.6 Å². The molecule has 4 saturated heterocycles. The van der Waals surface area contributed by atoms with E-state index in [9.17, 15) is 13.6 Å². The quantitative estimate of drug-likeness (QED) is 0.214. The molecule has 0 unspecified atom stereocenters. The van der Waals surface area contributed by atoms with Crippen molar-refractivity contribution in [2.45, 2.75) is 63.4 Å². The number of halogens is 4. The third kappa shape index (κ3) is 9.10. The summed E-state index contributed by atoms with van der Waals surface area (Å²) in [5, 5.41) is 3.49. The molecule has 272 valence electrons. The number of carbonyl (C=O) groups is 1. The molecule has 10 nitrogen and oxygen atoms in total. The Bertz CT molecular complexity index is 1780. The van der Waals surface area contributed by atoms with E-state index in [2.05, 4.69) is 25.1 Å². The van der Waals surface area contributed by atoms with Gasteiger partial charge in [-0.25, -0.2) is 13.6 Å². The van der Waals surface area contributed by atoms with Gasteiger partial charge >= 0.3 is 6.09 Å². The van der Waals surface area contributed by atoms with Gasteiger partial charge in [0.2, 0.25) is 0 Å². The minimum Gasteiger partial charge on any atom is -0.456 e. The molecule has 4 atom stereocenters. The fraction of sp³-hybridized carbons (Fsp3) is 0.378. The Kier molecular flexibility index (Phi) is 11.8. The number of nitrogens with zero attached hydrogens (tertiary/aromatic N) is 5. The largest absolute Gasteiger partial charge is 0.456 e. The van der Waals surface area contributed by atoms with Crippen molar-refractivity contribution in [2.24, 2.45) is 0 Å². The zero-order chi connectivity index (χ0) is 34.1. The molecule has 4 aliphatic rings. The number of rotatable bonds is 6. The van der Waals surface area contributed by atoms with E-state index in [1.54, 1.807) is 42.9 Å². The lowest BCUT2D eigenvalue weighted by atomic mass is 10.2. The van der Waals surface area contributed by atoms with Crippen LogP contribution in [0.25, 0.3) is 0 Å². The molecule has 0 spiro atoms. The summed E-state index contributed by atoms with van der Waals surface area (Å²) in [6, 6.07) is 17.3. The number of amides is 1. The number of carbonyl (C=O) groups excluding carboxylic acids is 1. The number of ether oxygens (including phenoxy) is 3. The van der Waals surface area contributed by atoms with Gasteiger partial charge < -0.3 is 34.2 Å². The minimum atomic E-state index is -0.492. The number of nitrogens with one attached hydrogen (secondary N) is 1. The second-order valence-corrected chi connectivity index (χ2v) is 13.8. The topological polar surface area (TPSA) is 92.3 Å². The monoisotopic (exact) mass is 742 g/mol. The van der Waals surface area contributed by atoms with Crippen LogP contribution >= 0.6 is 24.8 Å². The van der Waals surface area contributed by atoms with Crippen molar-refractivity contribution in [2.75, 3.05) is 36.0 Å². The standard InChI is InChI=1S/C21H24FN3O3.C16H16FN3O.2ClH/c1-21(2,3)28-20(26)25-13-16-8-17(25)12-24(16)15-9-19(11-23-10-15)27-18-6-4-14(22)5-7-18;17-11-1-3-15(4-2-11)21-16-6-14(7-18-9-16)20-10-12-5-13(20)8-19-12;;/h4-7,9-11,16-17H,8,12-13H2,1-3H3;1-4,6-7,9,12-13,19H,5,8,10H2;2*1H/t16-,17-;12-,13-;;/m00../s1. The molecule has 0 saturated carbocycles. The Balaban J connectivity index is 0.000000197. The highest BCUT2D eigenvalue weighted by Gasteiger charge is 2.46. The van der Waals surface area contributed by atoms with Crippen LogP contribution < -0.4 is 24.6 Å². The molecule has 4 bridgehead atoms. The van der Waals surface area contributed by atoms with Crippen molar-refractivity contribution >= 4 is 42.3 Å². The van der Waals surface area contributed by atoms with E-state index in [0.29, 0.717) is 41.6 Å². The van der Waals surface area contributed by atoms with Crippen LogP contribution in [0.5, 0.6) is 23.0 Å². The number of anilines is 2. The number of benzene rings is 2. The van der Waals surface area contributed by atoms with Gasteiger partial charge in [-0.3, -0.25) is 9.97 Å². The van der Waals surface area contributed by atoms with Gasteiger partial charge in [-0.1, -0.05) is 0 Å². The first-order chi connectivity index (χ1) is 23.6. The Morgan fingerprint density at radius 1 is 0.706 bits per heavy atom. The van der Waals surface area contributed by atoms with E-state index in [1.807, 2.05) is 44.0 Å². The van der Waals surface area contributed by atoms with Crippen molar-refractivity contribution in [3.8, 4) is 23.0 Å². The maximum absolute atomic E-state index is 13.0. The van der Waals surface area contributed by atoms with E-state index in [1.165, 1.54) is 30.7 Å². The van der Waals surface area contributed by atoms with Gasteiger partial charge in [0.05, 0.1) is 42.2 Å². The van der Waals surface area contributed by atoms with E-state index in [0.717, 1.165) is 37.4 Å². The molecule has 8 rings (SSSR count). The third-order valence-electron chi connectivity index (χ3n) is 9.08. The van der Waals surface area contributed by atoms with Crippen LogP contribution in [0.4, 0.5) is 25.0 Å². The number of piperazine rings is 2. The normalized spacial score (nSPS) is 21.3. The summed E-state index contributed by atoms with van der Waals surface area (Å²) in [6.07, 6.45) is 8.86. The van der Waals surface area contributed by atoms with Gasteiger partial charge in [-0.05, 0) is 82.1 Å². The third-order valence-corrected chi connectivity index (χ3v) is 9.08. The lowest BCUT2D eigenvalue weighted by molar-refractivity contribution is 0.0214. The molecule has 14 heteroatoms. The molecule has 1 N–H and O–H groups in total. The molecule has 2 aromatic heterocycles. The number of pyridine rings is 2. The van der Waals surface area contributed by atoms with Crippen molar-refractivity contribution in [3.63, 3.8) is 0 Å². The highest BCUT2D eigenvalue weighted by molar-refractivity contribution is 5.85. The van der Waals surface area contributed by atoms with Crippen LogP contribution in [0.2, 0.25) is 0 Å². The van der Waals surface area contributed by atoms with Crippen LogP contribution in [0.15, 0.2) is 85.5 Å². The summed E-state index contributed by atoms with van der Waals surface area (Å²) in [5.74, 6) is 1.86. The van der Waals surface area contributed by atoms with Crippen LogP contribution in [0.3, 0.4) is 0 Å².